The second-order valence-corrected chi connectivity index (χ2v) is 11.8. The third-order valence-corrected chi connectivity index (χ3v) is 6.46. The Bertz CT molecular complexity index is 1090. The molecule has 2 aromatic rings. The van der Waals surface area contributed by atoms with Crippen molar-refractivity contribution >= 4 is 27.5 Å². The average Bonchev–Trinajstić information content (AvgIpc) is 2.70. The molecule has 1 atom stereocenters. The predicted octanol–water partition coefficient (Wildman–Crippen LogP) is 3.44. The van der Waals surface area contributed by atoms with Gasteiger partial charge in [-0.1, -0.05) is 36.4 Å². The Labute approximate surface area is 204 Å². The van der Waals surface area contributed by atoms with Crippen LogP contribution in [0.4, 0.5) is 5.69 Å². The lowest BCUT2D eigenvalue weighted by Gasteiger charge is -2.33. The molecule has 8 heteroatoms. The first-order valence-corrected chi connectivity index (χ1v) is 13.2. The van der Waals surface area contributed by atoms with Crippen molar-refractivity contribution in [2.24, 2.45) is 0 Å². The first-order chi connectivity index (χ1) is 15.7. The first-order valence-electron chi connectivity index (χ1n) is 11.4. The highest BCUT2D eigenvalue weighted by Crippen LogP contribution is 2.22. The van der Waals surface area contributed by atoms with Crippen LogP contribution in [0, 0.1) is 13.8 Å². The van der Waals surface area contributed by atoms with Crippen molar-refractivity contribution in [1.29, 1.82) is 0 Å². The highest BCUT2D eigenvalue weighted by atomic mass is 32.2. The lowest BCUT2D eigenvalue weighted by atomic mass is 10.1. The molecule has 0 unspecified atom stereocenters. The molecule has 0 spiro atoms. The molecule has 0 saturated heterocycles. The summed E-state index contributed by atoms with van der Waals surface area (Å²) in [5.41, 5.74) is 2.79. The van der Waals surface area contributed by atoms with Gasteiger partial charge >= 0.3 is 0 Å². The number of carbonyl (C=O) groups excluding carboxylic acids is 2. The summed E-state index contributed by atoms with van der Waals surface area (Å²) in [6, 6.07) is 14.3. The number of anilines is 1. The highest BCUT2D eigenvalue weighted by molar-refractivity contribution is 7.92. The SMILES string of the molecule is Cc1cc(C)cc(N(CC(=O)N(CCc2ccccc2)[C@H](C)C(=O)NC(C)(C)C)S(C)(=O)=O)c1. The zero-order valence-electron chi connectivity index (χ0n) is 21.3. The summed E-state index contributed by atoms with van der Waals surface area (Å²) >= 11 is 0. The molecular weight excluding hydrogens is 450 g/mol. The number of rotatable bonds is 9. The van der Waals surface area contributed by atoms with Gasteiger partial charge in [0.15, 0.2) is 0 Å². The van der Waals surface area contributed by atoms with Gasteiger partial charge in [-0.15, -0.1) is 0 Å². The molecule has 0 saturated carbocycles. The summed E-state index contributed by atoms with van der Waals surface area (Å²) in [5.74, 6) is -0.719. The fourth-order valence-electron chi connectivity index (χ4n) is 3.75. The number of sulfonamides is 1. The molecule has 0 aliphatic carbocycles. The van der Waals surface area contributed by atoms with Crippen molar-refractivity contribution in [2.45, 2.75) is 59.5 Å². The van der Waals surface area contributed by atoms with Crippen LogP contribution in [0.15, 0.2) is 48.5 Å². The summed E-state index contributed by atoms with van der Waals surface area (Å²) < 4.78 is 26.4. The van der Waals surface area contributed by atoms with Crippen LogP contribution >= 0.6 is 0 Å². The lowest BCUT2D eigenvalue weighted by molar-refractivity contribution is -0.139. The Morgan fingerprint density at radius 1 is 1.00 bits per heavy atom. The van der Waals surface area contributed by atoms with E-state index in [0.717, 1.165) is 27.3 Å². The van der Waals surface area contributed by atoms with Crippen molar-refractivity contribution in [2.75, 3.05) is 23.7 Å². The van der Waals surface area contributed by atoms with E-state index in [1.54, 1.807) is 19.1 Å². The van der Waals surface area contributed by atoms with Crippen molar-refractivity contribution in [1.82, 2.24) is 10.2 Å². The number of benzene rings is 2. The second kappa shape index (κ2) is 11.0. The molecule has 0 heterocycles. The van der Waals surface area contributed by atoms with Crippen LogP contribution in [0.2, 0.25) is 0 Å². The van der Waals surface area contributed by atoms with Gasteiger partial charge in [0.05, 0.1) is 11.9 Å². The standard InChI is InChI=1S/C26H37N3O4S/c1-19-15-20(2)17-23(16-19)29(34(7,32)33)18-24(30)28(14-13-22-11-9-8-10-12-22)21(3)25(31)27-26(4,5)6/h8-12,15-17,21H,13-14,18H2,1-7H3,(H,27,31)/t21-/m1/s1. The number of aryl methyl sites for hydroxylation is 2. The molecule has 0 radical (unpaired) electrons. The van der Waals surface area contributed by atoms with E-state index in [1.807, 2.05) is 71.0 Å². The molecule has 0 bridgehead atoms. The van der Waals surface area contributed by atoms with Crippen molar-refractivity contribution < 1.29 is 18.0 Å². The fraction of sp³-hybridized carbons (Fsp3) is 0.462. The molecule has 1 N–H and O–H groups in total. The average molecular weight is 488 g/mol. The number of nitrogens with one attached hydrogen (secondary N) is 1. The van der Waals surface area contributed by atoms with Crippen molar-refractivity contribution in [3.05, 3.63) is 65.2 Å². The summed E-state index contributed by atoms with van der Waals surface area (Å²) in [4.78, 5) is 27.9. The van der Waals surface area contributed by atoms with Gasteiger partial charge < -0.3 is 10.2 Å². The summed E-state index contributed by atoms with van der Waals surface area (Å²) in [7, 11) is -3.74. The smallest absolute Gasteiger partial charge is 0.244 e. The number of hydrogen-bond donors (Lipinski definition) is 1. The third-order valence-electron chi connectivity index (χ3n) is 5.32. The summed E-state index contributed by atoms with van der Waals surface area (Å²) in [5, 5.41) is 2.92. The Balaban J connectivity index is 2.36. The largest absolute Gasteiger partial charge is 0.350 e. The Morgan fingerprint density at radius 2 is 1.56 bits per heavy atom. The third kappa shape index (κ3) is 8.17. The quantitative estimate of drug-likeness (QED) is 0.587. The van der Waals surface area contributed by atoms with Gasteiger partial charge in [-0.05, 0) is 76.8 Å². The van der Waals surface area contributed by atoms with E-state index < -0.39 is 27.5 Å². The molecule has 186 valence electrons. The zero-order valence-corrected chi connectivity index (χ0v) is 22.1. The van der Waals surface area contributed by atoms with Crippen LogP contribution in [-0.2, 0) is 26.0 Å². The predicted molar refractivity (Wildman–Crippen MR) is 137 cm³/mol. The minimum atomic E-state index is -3.74. The van der Waals surface area contributed by atoms with Gasteiger partial charge in [0.25, 0.3) is 0 Å². The fourth-order valence-corrected chi connectivity index (χ4v) is 4.59. The van der Waals surface area contributed by atoms with Gasteiger partial charge in [0.1, 0.15) is 12.6 Å². The number of hydrogen-bond acceptors (Lipinski definition) is 4. The maximum Gasteiger partial charge on any atom is 0.244 e. The zero-order chi connectivity index (χ0) is 25.7. The number of carbonyl (C=O) groups is 2. The summed E-state index contributed by atoms with van der Waals surface area (Å²) in [6.07, 6.45) is 1.63. The van der Waals surface area contributed by atoms with Crippen molar-refractivity contribution in [3.8, 4) is 0 Å². The topological polar surface area (TPSA) is 86.8 Å². The molecule has 0 aliphatic rings. The summed E-state index contributed by atoms with van der Waals surface area (Å²) in [6.45, 7) is 11.0. The van der Waals surface area contributed by atoms with Crippen LogP contribution in [0.1, 0.15) is 44.4 Å². The Kier molecular flexibility index (Phi) is 8.89. The van der Waals surface area contributed by atoms with Gasteiger partial charge in [0.2, 0.25) is 21.8 Å². The van der Waals surface area contributed by atoms with E-state index in [1.165, 1.54) is 4.90 Å². The normalized spacial score (nSPS) is 12.7. The second-order valence-electron chi connectivity index (χ2n) is 9.85. The van der Waals surface area contributed by atoms with Crippen LogP contribution in [0.5, 0.6) is 0 Å². The molecule has 34 heavy (non-hydrogen) atoms. The minimum absolute atomic E-state index is 0.284. The molecule has 0 aliphatic heterocycles. The van der Waals surface area contributed by atoms with Crippen LogP contribution in [0.3, 0.4) is 0 Å². The number of amides is 2. The van der Waals surface area contributed by atoms with Gasteiger partial charge in [-0.3, -0.25) is 13.9 Å². The van der Waals surface area contributed by atoms with E-state index in [4.69, 9.17) is 0 Å². The number of nitrogens with zero attached hydrogens (tertiary/aromatic N) is 2. The van der Waals surface area contributed by atoms with E-state index in [2.05, 4.69) is 5.32 Å². The maximum absolute atomic E-state index is 13.5. The van der Waals surface area contributed by atoms with E-state index in [0.29, 0.717) is 12.1 Å². The molecule has 0 aromatic heterocycles. The van der Waals surface area contributed by atoms with E-state index in [9.17, 15) is 18.0 Å². The monoisotopic (exact) mass is 487 g/mol. The molecular formula is C26H37N3O4S. The van der Waals surface area contributed by atoms with Crippen LogP contribution in [0.25, 0.3) is 0 Å². The lowest BCUT2D eigenvalue weighted by Crippen LogP contribution is -2.55. The van der Waals surface area contributed by atoms with Gasteiger partial charge in [-0.25, -0.2) is 8.42 Å². The van der Waals surface area contributed by atoms with Crippen LogP contribution < -0.4 is 9.62 Å². The molecule has 2 amide bonds. The maximum atomic E-state index is 13.5. The molecule has 2 aromatic carbocycles. The van der Waals surface area contributed by atoms with Gasteiger partial charge in [0, 0.05) is 12.1 Å². The molecule has 0 fully saturated rings. The van der Waals surface area contributed by atoms with E-state index in [-0.39, 0.29) is 19.0 Å². The highest BCUT2D eigenvalue weighted by Gasteiger charge is 2.31. The Morgan fingerprint density at radius 3 is 2.06 bits per heavy atom. The van der Waals surface area contributed by atoms with Gasteiger partial charge in [-0.2, -0.15) is 0 Å². The van der Waals surface area contributed by atoms with Crippen LogP contribution in [-0.4, -0.2) is 56.1 Å². The van der Waals surface area contributed by atoms with Crippen molar-refractivity contribution in [3.63, 3.8) is 0 Å². The molecule has 2 rings (SSSR count). The minimum Gasteiger partial charge on any atom is -0.350 e. The van der Waals surface area contributed by atoms with E-state index >= 15 is 0 Å². The Hall–Kier alpha value is -2.87. The first kappa shape index (κ1) is 27.4. The molecule has 7 nitrogen and oxygen atoms in total.